The molecular weight excluding hydrogens is 318 g/mol. The third kappa shape index (κ3) is 6.11. The molecule has 2 rings (SSSR count). The molecule has 25 heavy (non-hydrogen) atoms. The molecule has 3 amide bonds. The van der Waals surface area contributed by atoms with Crippen LogP contribution in [-0.2, 0) is 4.79 Å². The van der Waals surface area contributed by atoms with Crippen LogP contribution >= 0.6 is 0 Å². The number of carbonyl (C=O) groups excluding carboxylic acids is 2. The molecule has 1 aliphatic heterocycles. The number of hydrogen-bond acceptors (Lipinski definition) is 3. The van der Waals surface area contributed by atoms with E-state index >= 15 is 0 Å². The lowest BCUT2D eigenvalue weighted by molar-refractivity contribution is -0.123. The first-order chi connectivity index (χ1) is 11.8. The molecule has 2 atom stereocenters. The molecule has 2 heterocycles. The first-order valence-electron chi connectivity index (χ1n) is 9.23. The maximum atomic E-state index is 12.3. The van der Waals surface area contributed by atoms with Crippen molar-refractivity contribution in [1.82, 2.24) is 15.5 Å². The second-order valence-electron chi connectivity index (χ2n) is 7.48. The monoisotopic (exact) mass is 349 g/mol. The molecule has 1 fully saturated rings. The lowest BCUT2D eigenvalue weighted by Gasteiger charge is -2.33. The number of furan rings is 1. The summed E-state index contributed by atoms with van der Waals surface area (Å²) in [4.78, 5) is 26.4. The fourth-order valence-electron chi connectivity index (χ4n) is 3.14. The van der Waals surface area contributed by atoms with Crippen molar-refractivity contribution >= 4 is 11.9 Å². The SMILES string of the molecule is Cc1ccc([C@@H](C)NC(=O)C[C@@H]2CCCN(C(=O)NCC(C)C)C2)o1. The summed E-state index contributed by atoms with van der Waals surface area (Å²) in [7, 11) is 0. The minimum atomic E-state index is -0.143. The number of nitrogens with zero attached hydrogens (tertiary/aromatic N) is 1. The highest BCUT2D eigenvalue weighted by Gasteiger charge is 2.26. The number of rotatable bonds is 6. The Morgan fingerprint density at radius 2 is 2.08 bits per heavy atom. The molecule has 1 saturated heterocycles. The highest BCUT2D eigenvalue weighted by Crippen LogP contribution is 2.21. The van der Waals surface area contributed by atoms with Gasteiger partial charge in [0.2, 0.25) is 5.91 Å². The Labute approximate surface area is 150 Å². The summed E-state index contributed by atoms with van der Waals surface area (Å²) >= 11 is 0. The lowest BCUT2D eigenvalue weighted by atomic mass is 9.94. The Kier molecular flexibility index (Phi) is 6.91. The summed E-state index contributed by atoms with van der Waals surface area (Å²) in [6.07, 6.45) is 2.37. The van der Waals surface area contributed by atoms with Gasteiger partial charge in [0.05, 0.1) is 6.04 Å². The highest BCUT2D eigenvalue weighted by atomic mass is 16.3. The fraction of sp³-hybridized carbons (Fsp3) is 0.684. The Morgan fingerprint density at radius 1 is 1.32 bits per heavy atom. The highest BCUT2D eigenvalue weighted by molar-refractivity contribution is 5.77. The van der Waals surface area contributed by atoms with E-state index in [1.165, 1.54) is 0 Å². The van der Waals surface area contributed by atoms with Crippen LogP contribution in [0.15, 0.2) is 16.5 Å². The molecule has 0 unspecified atom stereocenters. The van der Waals surface area contributed by atoms with E-state index in [2.05, 4.69) is 24.5 Å². The van der Waals surface area contributed by atoms with Crippen LogP contribution < -0.4 is 10.6 Å². The first kappa shape index (κ1) is 19.3. The van der Waals surface area contributed by atoms with Gasteiger partial charge in [0.15, 0.2) is 0 Å². The summed E-state index contributed by atoms with van der Waals surface area (Å²) in [6, 6.07) is 3.63. The van der Waals surface area contributed by atoms with E-state index in [9.17, 15) is 9.59 Å². The van der Waals surface area contributed by atoms with E-state index in [1.807, 2.05) is 30.9 Å². The zero-order valence-electron chi connectivity index (χ0n) is 15.8. The average Bonchev–Trinajstić information content (AvgIpc) is 2.99. The van der Waals surface area contributed by atoms with E-state index in [0.29, 0.717) is 25.4 Å². The zero-order chi connectivity index (χ0) is 18.4. The van der Waals surface area contributed by atoms with Crippen LogP contribution in [0.25, 0.3) is 0 Å². The third-order valence-electron chi connectivity index (χ3n) is 4.51. The molecule has 0 aliphatic carbocycles. The molecular formula is C19H31N3O3. The van der Waals surface area contributed by atoms with E-state index in [1.54, 1.807) is 0 Å². The number of aryl methyl sites for hydroxylation is 1. The van der Waals surface area contributed by atoms with Gasteiger partial charge in [-0.1, -0.05) is 13.8 Å². The maximum absolute atomic E-state index is 12.3. The Hall–Kier alpha value is -1.98. The normalized spacial score (nSPS) is 18.9. The van der Waals surface area contributed by atoms with Crippen LogP contribution in [0.4, 0.5) is 4.79 Å². The molecule has 6 heteroatoms. The van der Waals surface area contributed by atoms with E-state index in [0.717, 1.165) is 30.9 Å². The predicted octanol–water partition coefficient (Wildman–Crippen LogP) is 3.23. The number of amides is 3. The van der Waals surface area contributed by atoms with Gasteiger partial charge in [0, 0.05) is 26.1 Å². The van der Waals surface area contributed by atoms with Gasteiger partial charge in [-0.3, -0.25) is 4.79 Å². The van der Waals surface area contributed by atoms with E-state index in [-0.39, 0.29) is 23.9 Å². The van der Waals surface area contributed by atoms with Crippen molar-refractivity contribution in [3.8, 4) is 0 Å². The summed E-state index contributed by atoms with van der Waals surface area (Å²) in [5.74, 6) is 2.26. The summed E-state index contributed by atoms with van der Waals surface area (Å²) in [6.45, 7) is 10.1. The second-order valence-corrected chi connectivity index (χ2v) is 7.48. The summed E-state index contributed by atoms with van der Waals surface area (Å²) in [5, 5.41) is 5.94. The van der Waals surface area contributed by atoms with Gasteiger partial charge in [0.1, 0.15) is 11.5 Å². The minimum Gasteiger partial charge on any atom is -0.464 e. The first-order valence-corrected chi connectivity index (χ1v) is 9.23. The van der Waals surface area contributed by atoms with Gasteiger partial charge < -0.3 is 20.0 Å². The topological polar surface area (TPSA) is 74.6 Å². The maximum Gasteiger partial charge on any atom is 0.317 e. The van der Waals surface area contributed by atoms with Crippen molar-refractivity contribution < 1.29 is 14.0 Å². The van der Waals surface area contributed by atoms with Gasteiger partial charge in [-0.05, 0) is 50.7 Å². The molecule has 140 valence electrons. The van der Waals surface area contributed by atoms with Crippen LogP contribution in [-0.4, -0.2) is 36.5 Å². The van der Waals surface area contributed by atoms with Crippen LogP contribution in [0, 0.1) is 18.8 Å². The third-order valence-corrected chi connectivity index (χ3v) is 4.51. The molecule has 6 nitrogen and oxygen atoms in total. The van der Waals surface area contributed by atoms with E-state index < -0.39 is 0 Å². The van der Waals surface area contributed by atoms with Gasteiger partial charge in [-0.25, -0.2) is 4.79 Å². The Bertz CT molecular complexity index is 582. The van der Waals surface area contributed by atoms with Crippen molar-refractivity contribution in [2.75, 3.05) is 19.6 Å². The predicted molar refractivity (Wildman–Crippen MR) is 97.2 cm³/mol. The molecule has 2 N–H and O–H groups in total. The van der Waals surface area contributed by atoms with Crippen LogP contribution in [0.5, 0.6) is 0 Å². The number of nitrogens with one attached hydrogen (secondary N) is 2. The fourth-order valence-corrected chi connectivity index (χ4v) is 3.14. The van der Waals surface area contributed by atoms with Gasteiger partial charge in [0.25, 0.3) is 0 Å². The lowest BCUT2D eigenvalue weighted by Crippen LogP contribution is -2.47. The smallest absolute Gasteiger partial charge is 0.317 e. The van der Waals surface area contributed by atoms with Crippen molar-refractivity contribution in [3.63, 3.8) is 0 Å². The molecule has 0 bridgehead atoms. The molecule has 0 radical (unpaired) electrons. The molecule has 1 aromatic rings. The van der Waals surface area contributed by atoms with Gasteiger partial charge >= 0.3 is 6.03 Å². The van der Waals surface area contributed by atoms with Gasteiger partial charge in [-0.15, -0.1) is 0 Å². The molecule has 0 spiro atoms. The molecule has 0 aromatic carbocycles. The zero-order valence-corrected chi connectivity index (χ0v) is 15.8. The average molecular weight is 349 g/mol. The second kappa shape index (κ2) is 8.92. The number of piperidine rings is 1. The molecule has 1 aromatic heterocycles. The summed E-state index contributed by atoms with van der Waals surface area (Å²) in [5.41, 5.74) is 0. The van der Waals surface area contributed by atoms with Crippen LogP contribution in [0.1, 0.15) is 57.6 Å². The quantitative estimate of drug-likeness (QED) is 0.828. The minimum absolute atomic E-state index is 0.0102. The number of urea groups is 1. The van der Waals surface area contributed by atoms with Crippen LogP contribution in [0.3, 0.4) is 0 Å². The number of likely N-dealkylation sites (tertiary alicyclic amines) is 1. The standard InChI is InChI=1S/C19H31N3O3/c1-13(2)11-20-19(24)22-9-5-6-16(12-22)10-18(23)21-15(4)17-8-7-14(3)25-17/h7-8,13,15-16H,5-6,9-12H2,1-4H3,(H,20,24)(H,21,23)/t15-,16+/m1/s1. The molecule has 0 saturated carbocycles. The van der Waals surface area contributed by atoms with Crippen molar-refractivity contribution in [3.05, 3.63) is 23.7 Å². The van der Waals surface area contributed by atoms with Crippen LogP contribution in [0.2, 0.25) is 0 Å². The Balaban J connectivity index is 1.79. The Morgan fingerprint density at radius 3 is 2.72 bits per heavy atom. The largest absolute Gasteiger partial charge is 0.464 e. The number of hydrogen-bond donors (Lipinski definition) is 2. The summed E-state index contributed by atoms with van der Waals surface area (Å²) < 4.78 is 5.55. The van der Waals surface area contributed by atoms with E-state index in [4.69, 9.17) is 4.42 Å². The van der Waals surface area contributed by atoms with Crippen molar-refractivity contribution in [2.45, 2.75) is 53.0 Å². The van der Waals surface area contributed by atoms with Gasteiger partial charge in [-0.2, -0.15) is 0 Å². The van der Waals surface area contributed by atoms with Crippen molar-refractivity contribution in [2.24, 2.45) is 11.8 Å². The number of carbonyl (C=O) groups is 2. The van der Waals surface area contributed by atoms with Crippen molar-refractivity contribution in [1.29, 1.82) is 0 Å². The molecule has 1 aliphatic rings.